The summed E-state index contributed by atoms with van der Waals surface area (Å²) >= 11 is 0. The van der Waals surface area contributed by atoms with E-state index in [2.05, 4.69) is 14.9 Å². The van der Waals surface area contributed by atoms with Crippen molar-refractivity contribution in [3.63, 3.8) is 0 Å². The second kappa shape index (κ2) is 5.53. The number of para-hydroxylation sites is 1. The van der Waals surface area contributed by atoms with Gasteiger partial charge in [0.1, 0.15) is 0 Å². The molecule has 0 radical (unpaired) electrons. The van der Waals surface area contributed by atoms with Crippen molar-refractivity contribution in [1.29, 1.82) is 0 Å². The van der Waals surface area contributed by atoms with E-state index in [1.54, 1.807) is 0 Å². The minimum Gasteiger partial charge on any atom is -0.396 e. The smallest absolute Gasteiger partial charge is 0.226 e. The van der Waals surface area contributed by atoms with Crippen LogP contribution in [0.5, 0.6) is 0 Å². The molecule has 2 heterocycles. The molecule has 1 fully saturated rings. The van der Waals surface area contributed by atoms with Gasteiger partial charge in [0.2, 0.25) is 5.95 Å². The molecule has 1 atom stereocenters. The topological polar surface area (TPSA) is 49.2 Å². The molecule has 0 amide bonds. The molecule has 0 bridgehead atoms. The van der Waals surface area contributed by atoms with Crippen LogP contribution in [0.25, 0.3) is 10.9 Å². The predicted molar refractivity (Wildman–Crippen MR) is 76.2 cm³/mol. The molecule has 1 N–H and O–H groups in total. The molecule has 4 heteroatoms. The lowest BCUT2D eigenvalue weighted by Gasteiger charge is -2.24. The average molecular weight is 257 g/mol. The van der Waals surface area contributed by atoms with Crippen LogP contribution in [0.15, 0.2) is 30.5 Å². The summed E-state index contributed by atoms with van der Waals surface area (Å²) in [4.78, 5) is 11.5. The monoisotopic (exact) mass is 257 g/mol. The van der Waals surface area contributed by atoms with Crippen molar-refractivity contribution in [3.8, 4) is 0 Å². The van der Waals surface area contributed by atoms with Gasteiger partial charge in [-0.3, -0.25) is 0 Å². The number of fused-ring (bicyclic) bond motifs is 1. The second-order valence-corrected chi connectivity index (χ2v) is 5.08. The van der Waals surface area contributed by atoms with Crippen molar-refractivity contribution in [2.75, 3.05) is 18.1 Å². The van der Waals surface area contributed by atoms with Crippen LogP contribution in [0.2, 0.25) is 0 Å². The third kappa shape index (κ3) is 2.54. The van der Waals surface area contributed by atoms with Crippen molar-refractivity contribution < 1.29 is 5.11 Å². The maximum Gasteiger partial charge on any atom is 0.226 e. The van der Waals surface area contributed by atoms with Gasteiger partial charge in [0.05, 0.1) is 5.52 Å². The maximum atomic E-state index is 8.97. The summed E-state index contributed by atoms with van der Waals surface area (Å²) in [5.41, 5.74) is 1.00. The van der Waals surface area contributed by atoms with E-state index in [4.69, 9.17) is 5.11 Å². The molecule has 0 spiro atoms. The van der Waals surface area contributed by atoms with Crippen LogP contribution in [-0.4, -0.2) is 34.3 Å². The Morgan fingerprint density at radius 2 is 2.21 bits per heavy atom. The minimum atomic E-state index is 0.267. The van der Waals surface area contributed by atoms with Crippen molar-refractivity contribution in [2.45, 2.75) is 31.7 Å². The van der Waals surface area contributed by atoms with Crippen LogP contribution in [-0.2, 0) is 0 Å². The summed E-state index contributed by atoms with van der Waals surface area (Å²) in [6.45, 7) is 1.29. The van der Waals surface area contributed by atoms with Gasteiger partial charge in [-0.1, -0.05) is 18.2 Å². The number of hydrogen-bond acceptors (Lipinski definition) is 4. The highest BCUT2D eigenvalue weighted by atomic mass is 16.2. The quantitative estimate of drug-likeness (QED) is 0.913. The molecular formula is C15H19N3O. The number of benzene rings is 1. The molecular weight excluding hydrogens is 238 g/mol. The fourth-order valence-corrected chi connectivity index (χ4v) is 2.83. The van der Waals surface area contributed by atoms with E-state index in [0.717, 1.165) is 36.2 Å². The second-order valence-electron chi connectivity index (χ2n) is 5.08. The molecule has 2 aromatic rings. The number of aliphatic hydroxyl groups is 1. The van der Waals surface area contributed by atoms with E-state index in [1.165, 1.54) is 12.8 Å². The summed E-state index contributed by atoms with van der Waals surface area (Å²) in [5, 5.41) is 10.1. The Hall–Kier alpha value is -1.68. The summed E-state index contributed by atoms with van der Waals surface area (Å²) < 4.78 is 0. The normalized spacial score (nSPS) is 19.2. The maximum absolute atomic E-state index is 8.97. The van der Waals surface area contributed by atoms with Crippen LogP contribution in [0, 0.1) is 0 Å². The molecule has 3 rings (SSSR count). The molecule has 1 aliphatic heterocycles. The molecule has 4 nitrogen and oxygen atoms in total. The Balaban J connectivity index is 1.86. The molecule has 1 aromatic heterocycles. The highest BCUT2D eigenvalue weighted by molar-refractivity contribution is 5.78. The van der Waals surface area contributed by atoms with E-state index in [-0.39, 0.29) is 6.61 Å². The molecule has 1 unspecified atom stereocenters. The van der Waals surface area contributed by atoms with Gasteiger partial charge in [0.25, 0.3) is 0 Å². The Bertz CT molecular complexity index is 558. The van der Waals surface area contributed by atoms with Crippen molar-refractivity contribution in [1.82, 2.24) is 9.97 Å². The third-order valence-corrected chi connectivity index (χ3v) is 3.81. The highest BCUT2D eigenvalue weighted by Gasteiger charge is 2.26. The summed E-state index contributed by atoms with van der Waals surface area (Å²) in [6.07, 6.45) is 6.14. The standard InChI is InChI=1S/C15H19N3O/c19-10-4-7-13-6-3-9-18(13)15-16-11-12-5-1-2-8-14(12)17-15/h1-2,5,8,11,13,19H,3-4,6-7,9-10H2. The molecule has 0 aliphatic carbocycles. The first-order chi connectivity index (χ1) is 9.38. The SMILES string of the molecule is OCCCC1CCCN1c1ncc2ccccc2n1. The van der Waals surface area contributed by atoms with E-state index in [1.807, 2.05) is 30.5 Å². The Morgan fingerprint density at radius 1 is 1.32 bits per heavy atom. The van der Waals surface area contributed by atoms with Gasteiger partial charge in [0, 0.05) is 30.8 Å². The van der Waals surface area contributed by atoms with Crippen LogP contribution >= 0.6 is 0 Å². The Labute approximate surface area is 113 Å². The van der Waals surface area contributed by atoms with Gasteiger partial charge in [0.15, 0.2) is 0 Å². The van der Waals surface area contributed by atoms with Crippen LogP contribution < -0.4 is 4.90 Å². The zero-order valence-corrected chi connectivity index (χ0v) is 11.0. The van der Waals surface area contributed by atoms with Gasteiger partial charge in [-0.2, -0.15) is 0 Å². The number of aromatic nitrogens is 2. The van der Waals surface area contributed by atoms with Crippen molar-refractivity contribution in [3.05, 3.63) is 30.5 Å². The third-order valence-electron chi connectivity index (χ3n) is 3.81. The molecule has 0 saturated carbocycles. The van der Waals surface area contributed by atoms with E-state index in [9.17, 15) is 0 Å². The first kappa shape index (κ1) is 12.4. The number of rotatable bonds is 4. The number of hydrogen-bond donors (Lipinski definition) is 1. The lowest BCUT2D eigenvalue weighted by Crippen LogP contribution is -2.30. The zero-order chi connectivity index (χ0) is 13.1. The first-order valence-electron chi connectivity index (χ1n) is 6.98. The van der Waals surface area contributed by atoms with Crippen molar-refractivity contribution >= 4 is 16.9 Å². The lowest BCUT2D eigenvalue weighted by molar-refractivity contribution is 0.279. The molecule has 1 saturated heterocycles. The molecule has 100 valence electrons. The zero-order valence-electron chi connectivity index (χ0n) is 11.0. The van der Waals surface area contributed by atoms with Crippen LogP contribution in [0.4, 0.5) is 5.95 Å². The number of anilines is 1. The number of nitrogens with zero attached hydrogens (tertiary/aromatic N) is 3. The fraction of sp³-hybridized carbons (Fsp3) is 0.467. The van der Waals surface area contributed by atoms with Gasteiger partial charge >= 0.3 is 0 Å². The molecule has 1 aromatic carbocycles. The van der Waals surface area contributed by atoms with Gasteiger partial charge in [-0.25, -0.2) is 9.97 Å². The molecule has 19 heavy (non-hydrogen) atoms. The van der Waals surface area contributed by atoms with Gasteiger partial charge < -0.3 is 10.0 Å². The van der Waals surface area contributed by atoms with Crippen LogP contribution in [0.1, 0.15) is 25.7 Å². The highest BCUT2D eigenvalue weighted by Crippen LogP contribution is 2.26. The largest absolute Gasteiger partial charge is 0.396 e. The Kier molecular flexibility index (Phi) is 3.60. The van der Waals surface area contributed by atoms with Gasteiger partial charge in [-0.15, -0.1) is 0 Å². The lowest BCUT2D eigenvalue weighted by atomic mass is 10.1. The molecule has 1 aliphatic rings. The van der Waals surface area contributed by atoms with E-state index >= 15 is 0 Å². The van der Waals surface area contributed by atoms with Crippen LogP contribution in [0.3, 0.4) is 0 Å². The Morgan fingerprint density at radius 3 is 3.11 bits per heavy atom. The van der Waals surface area contributed by atoms with E-state index in [0.29, 0.717) is 6.04 Å². The minimum absolute atomic E-state index is 0.267. The fourth-order valence-electron chi connectivity index (χ4n) is 2.83. The van der Waals surface area contributed by atoms with E-state index < -0.39 is 0 Å². The summed E-state index contributed by atoms with van der Waals surface area (Å²) in [5.74, 6) is 0.833. The number of aliphatic hydroxyl groups excluding tert-OH is 1. The average Bonchev–Trinajstić information content (AvgIpc) is 2.93. The summed E-state index contributed by atoms with van der Waals surface area (Å²) in [6, 6.07) is 8.55. The van der Waals surface area contributed by atoms with Gasteiger partial charge in [-0.05, 0) is 31.7 Å². The first-order valence-corrected chi connectivity index (χ1v) is 6.98. The van der Waals surface area contributed by atoms with Crippen molar-refractivity contribution in [2.24, 2.45) is 0 Å². The summed E-state index contributed by atoms with van der Waals surface area (Å²) in [7, 11) is 0. The predicted octanol–water partition coefficient (Wildman–Crippen LogP) is 2.37.